The largest absolute Gasteiger partial charge is 0.493 e. The maximum Gasteiger partial charge on any atom is 0.229 e. The molecule has 2 N–H and O–H groups in total. The summed E-state index contributed by atoms with van der Waals surface area (Å²) in [6.45, 7) is 3.49. The number of piperazine rings is 1. The molecule has 0 amide bonds. The Hall–Kier alpha value is -4.63. The van der Waals surface area contributed by atoms with Crippen LogP contribution in [-0.4, -0.2) is 64.7 Å². The smallest absolute Gasteiger partial charge is 0.229 e. The highest BCUT2D eigenvalue weighted by Crippen LogP contribution is 2.30. The molecule has 12 heteroatoms. The van der Waals surface area contributed by atoms with Crippen molar-refractivity contribution < 1.29 is 13.5 Å². The summed E-state index contributed by atoms with van der Waals surface area (Å²) in [5.74, 6) is 0.280. The van der Waals surface area contributed by atoms with Gasteiger partial charge in [0, 0.05) is 49.9 Å². The molecule has 10 nitrogen and oxygen atoms in total. The van der Waals surface area contributed by atoms with Gasteiger partial charge < -0.3 is 20.3 Å². The number of halogens is 2. The van der Waals surface area contributed by atoms with E-state index in [4.69, 9.17) is 10.00 Å². The van der Waals surface area contributed by atoms with Crippen molar-refractivity contribution in [2.45, 2.75) is 0 Å². The second-order valence-electron chi connectivity index (χ2n) is 8.37. The molecule has 188 valence electrons. The van der Waals surface area contributed by atoms with E-state index < -0.39 is 11.6 Å². The number of rotatable bonds is 7. The molecule has 0 atom stereocenters. The maximum absolute atomic E-state index is 13.6. The van der Waals surface area contributed by atoms with Gasteiger partial charge in [-0.25, -0.2) is 18.7 Å². The number of aromatic nitrogens is 4. The average Bonchev–Trinajstić information content (AvgIpc) is 2.90. The topological polar surface area (TPSA) is 115 Å². The SMILES string of the molecule is COc1cc(Nc2nccc(Nc3cnc4cc(F)c(F)cc4c3)n2)cnc1N1CCN(CC#N)CC1. The lowest BCUT2D eigenvalue weighted by atomic mass is 10.2. The normalized spacial score (nSPS) is 13.8. The van der Waals surface area contributed by atoms with Crippen LogP contribution in [0.4, 0.5) is 37.7 Å². The molecule has 4 aromatic rings. The monoisotopic (exact) mass is 503 g/mol. The zero-order valence-electron chi connectivity index (χ0n) is 19.9. The standard InChI is InChI=1S/C25H23F2N9O/c1-37-22-12-18(15-31-24(22)36-8-6-35(5-3-28)7-9-36)33-25-29-4-2-23(34-25)32-17-10-16-11-19(26)20(27)13-21(16)30-14-17/h2,4,10-15H,5-9H2,1H3,(H2,29,32,33,34). The lowest BCUT2D eigenvalue weighted by Crippen LogP contribution is -2.46. The van der Waals surface area contributed by atoms with Crippen LogP contribution in [0, 0.1) is 23.0 Å². The quantitative estimate of drug-likeness (QED) is 0.361. The van der Waals surface area contributed by atoms with E-state index >= 15 is 0 Å². The number of nitrogens with one attached hydrogen (secondary N) is 2. The summed E-state index contributed by atoms with van der Waals surface area (Å²) in [7, 11) is 1.59. The van der Waals surface area contributed by atoms with Gasteiger partial charge in [0.1, 0.15) is 5.82 Å². The molecule has 0 aliphatic carbocycles. The molecule has 37 heavy (non-hydrogen) atoms. The van der Waals surface area contributed by atoms with E-state index in [0.717, 1.165) is 44.1 Å². The first-order valence-electron chi connectivity index (χ1n) is 11.5. The fourth-order valence-electron chi connectivity index (χ4n) is 4.07. The van der Waals surface area contributed by atoms with Crippen molar-refractivity contribution >= 4 is 39.9 Å². The predicted molar refractivity (Wildman–Crippen MR) is 135 cm³/mol. The Bertz CT molecular complexity index is 1470. The number of methoxy groups -OCH3 is 1. The van der Waals surface area contributed by atoms with Crippen LogP contribution < -0.4 is 20.3 Å². The molecule has 1 aromatic carbocycles. The zero-order chi connectivity index (χ0) is 25.8. The molecule has 3 aromatic heterocycles. The van der Waals surface area contributed by atoms with Gasteiger partial charge in [0.2, 0.25) is 5.95 Å². The Kier molecular flexibility index (Phi) is 6.87. The number of hydrogen-bond acceptors (Lipinski definition) is 10. The van der Waals surface area contributed by atoms with Crippen molar-refractivity contribution in [1.82, 2.24) is 24.8 Å². The fraction of sp³-hybridized carbons (Fsp3) is 0.240. The first-order chi connectivity index (χ1) is 18.0. The fourth-order valence-corrected chi connectivity index (χ4v) is 4.07. The summed E-state index contributed by atoms with van der Waals surface area (Å²) in [5, 5.41) is 15.6. The number of nitrogens with zero attached hydrogens (tertiary/aromatic N) is 7. The average molecular weight is 504 g/mol. The second kappa shape index (κ2) is 10.5. The van der Waals surface area contributed by atoms with Crippen LogP contribution in [0.1, 0.15) is 0 Å². The van der Waals surface area contributed by atoms with Crippen LogP contribution in [0.2, 0.25) is 0 Å². The molecule has 0 saturated carbocycles. The first-order valence-corrected chi connectivity index (χ1v) is 11.5. The van der Waals surface area contributed by atoms with Crippen molar-refractivity contribution in [2.75, 3.05) is 55.4 Å². The third kappa shape index (κ3) is 5.46. The molecule has 0 spiro atoms. The van der Waals surface area contributed by atoms with Gasteiger partial charge in [0.15, 0.2) is 23.2 Å². The highest BCUT2D eigenvalue weighted by Gasteiger charge is 2.21. The molecule has 0 unspecified atom stereocenters. The van der Waals surface area contributed by atoms with Crippen molar-refractivity contribution in [2.24, 2.45) is 0 Å². The molecule has 1 aliphatic rings. The summed E-state index contributed by atoms with van der Waals surface area (Å²) < 4.78 is 32.6. The number of fused-ring (bicyclic) bond motifs is 1. The molecular formula is C25H23F2N9O. The second-order valence-corrected chi connectivity index (χ2v) is 8.37. The minimum atomic E-state index is -0.940. The molecule has 0 bridgehead atoms. The van der Waals surface area contributed by atoms with Gasteiger partial charge in [0.05, 0.1) is 49.0 Å². The summed E-state index contributed by atoms with van der Waals surface area (Å²) in [5.41, 5.74) is 1.56. The minimum absolute atomic E-state index is 0.327. The molecule has 1 aliphatic heterocycles. The van der Waals surface area contributed by atoms with Gasteiger partial charge in [-0.15, -0.1) is 0 Å². The highest BCUT2D eigenvalue weighted by atomic mass is 19.2. The van der Waals surface area contributed by atoms with E-state index in [9.17, 15) is 8.78 Å². The Morgan fingerprint density at radius 1 is 0.973 bits per heavy atom. The van der Waals surface area contributed by atoms with Crippen LogP contribution in [0.5, 0.6) is 5.75 Å². The van der Waals surface area contributed by atoms with Gasteiger partial charge in [-0.2, -0.15) is 10.2 Å². The van der Waals surface area contributed by atoms with Gasteiger partial charge in [-0.05, 0) is 18.2 Å². The third-order valence-corrected chi connectivity index (χ3v) is 5.93. The summed E-state index contributed by atoms with van der Waals surface area (Å²) >= 11 is 0. The van der Waals surface area contributed by atoms with Crippen LogP contribution in [0.3, 0.4) is 0 Å². The Balaban J connectivity index is 1.29. The number of anilines is 5. The van der Waals surface area contributed by atoms with Gasteiger partial charge in [-0.3, -0.25) is 9.88 Å². The summed E-state index contributed by atoms with van der Waals surface area (Å²) in [6, 6.07) is 9.51. The van der Waals surface area contributed by atoms with Crippen LogP contribution in [0.25, 0.3) is 10.9 Å². The van der Waals surface area contributed by atoms with E-state index in [-0.39, 0.29) is 0 Å². The summed E-state index contributed by atoms with van der Waals surface area (Å²) in [6.07, 6.45) is 4.79. The predicted octanol–water partition coefficient (Wildman–Crippen LogP) is 3.84. The van der Waals surface area contributed by atoms with Gasteiger partial charge >= 0.3 is 0 Å². The lowest BCUT2D eigenvalue weighted by Gasteiger charge is -2.34. The highest BCUT2D eigenvalue weighted by molar-refractivity contribution is 5.82. The molecular weight excluding hydrogens is 480 g/mol. The zero-order valence-corrected chi connectivity index (χ0v) is 19.9. The maximum atomic E-state index is 13.6. The van der Waals surface area contributed by atoms with Gasteiger partial charge in [-0.1, -0.05) is 0 Å². The van der Waals surface area contributed by atoms with Crippen LogP contribution in [0.15, 0.2) is 48.9 Å². The molecule has 4 heterocycles. The van der Waals surface area contributed by atoms with E-state index in [1.54, 1.807) is 31.6 Å². The van der Waals surface area contributed by atoms with E-state index in [0.29, 0.717) is 46.3 Å². The summed E-state index contributed by atoms with van der Waals surface area (Å²) in [4.78, 5) is 21.7. The van der Waals surface area contributed by atoms with Crippen LogP contribution >= 0.6 is 0 Å². The van der Waals surface area contributed by atoms with Crippen molar-refractivity contribution in [3.8, 4) is 11.8 Å². The molecule has 1 saturated heterocycles. The lowest BCUT2D eigenvalue weighted by molar-refractivity contribution is 0.285. The van der Waals surface area contributed by atoms with Gasteiger partial charge in [0.25, 0.3) is 0 Å². The Morgan fingerprint density at radius 3 is 2.51 bits per heavy atom. The molecule has 1 fully saturated rings. The third-order valence-electron chi connectivity index (χ3n) is 5.93. The van der Waals surface area contributed by atoms with Crippen LogP contribution in [-0.2, 0) is 0 Å². The number of benzene rings is 1. The molecule has 5 rings (SSSR count). The van der Waals surface area contributed by atoms with E-state index in [1.165, 1.54) is 6.20 Å². The number of pyridine rings is 2. The van der Waals surface area contributed by atoms with Crippen molar-refractivity contribution in [3.63, 3.8) is 0 Å². The molecule has 0 radical (unpaired) electrons. The Labute approximate surface area is 211 Å². The van der Waals surface area contributed by atoms with Crippen molar-refractivity contribution in [3.05, 3.63) is 60.6 Å². The Morgan fingerprint density at radius 2 is 1.73 bits per heavy atom. The van der Waals surface area contributed by atoms with Crippen molar-refractivity contribution in [1.29, 1.82) is 5.26 Å². The first kappa shape index (κ1) is 24.1. The number of nitriles is 1. The number of ether oxygens (including phenoxy) is 1. The minimum Gasteiger partial charge on any atom is -0.493 e. The van der Waals surface area contributed by atoms with E-state index in [1.807, 2.05) is 6.07 Å². The van der Waals surface area contributed by atoms with E-state index in [2.05, 4.69) is 46.4 Å². The number of hydrogen-bond donors (Lipinski definition) is 2.